The molecule has 0 fully saturated rings. The van der Waals surface area contributed by atoms with Crippen molar-refractivity contribution in [1.82, 2.24) is 14.5 Å². The fourth-order valence-corrected chi connectivity index (χ4v) is 2.12. The second kappa shape index (κ2) is 4.73. The predicted octanol–water partition coefficient (Wildman–Crippen LogP) is 2.02. The Morgan fingerprint density at radius 2 is 1.80 bits per heavy atom. The van der Waals surface area contributed by atoms with Gasteiger partial charge in [-0.2, -0.15) is 4.98 Å². The van der Waals surface area contributed by atoms with Gasteiger partial charge in [0.15, 0.2) is 5.65 Å². The van der Waals surface area contributed by atoms with Crippen molar-refractivity contribution < 1.29 is 9.47 Å². The molecule has 6 nitrogen and oxygen atoms in total. The zero-order valence-electron chi connectivity index (χ0n) is 11.2. The minimum absolute atomic E-state index is 0.352. The van der Waals surface area contributed by atoms with Crippen LogP contribution in [0, 0.1) is 0 Å². The van der Waals surface area contributed by atoms with E-state index in [0.717, 1.165) is 5.69 Å². The van der Waals surface area contributed by atoms with E-state index in [1.165, 1.54) is 0 Å². The van der Waals surface area contributed by atoms with Crippen molar-refractivity contribution in [2.24, 2.45) is 0 Å². The van der Waals surface area contributed by atoms with E-state index in [1.54, 1.807) is 24.9 Å². The smallest absolute Gasteiger partial charge is 0.215 e. The van der Waals surface area contributed by atoms with Crippen molar-refractivity contribution >= 4 is 17.1 Å². The van der Waals surface area contributed by atoms with E-state index in [9.17, 15) is 0 Å². The highest BCUT2D eigenvalue weighted by molar-refractivity contribution is 5.78. The maximum absolute atomic E-state index is 6.02. The van der Waals surface area contributed by atoms with Crippen molar-refractivity contribution in [1.29, 1.82) is 0 Å². The van der Waals surface area contributed by atoms with Crippen LogP contribution in [0.5, 0.6) is 11.6 Å². The molecule has 1 aromatic carbocycles. The molecular weight excluding hydrogens is 256 g/mol. The van der Waals surface area contributed by atoms with Gasteiger partial charge in [-0.1, -0.05) is 12.1 Å². The van der Waals surface area contributed by atoms with Gasteiger partial charge in [0.1, 0.15) is 11.3 Å². The van der Waals surface area contributed by atoms with Crippen molar-refractivity contribution in [3.05, 3.63) is 36.4 Å². The molecule has 3 rings (SSSR count). The maximum atomic E-state index is 6.02. The lowest BCUT2D eigenvalue weighted by Crippen LogP contribution is -2.03. The Bertz CT molecular complexity index is 767. The average molecular weight is 270 g/mol. The van der Waals surface area contributed by atoms with Crippen LogP contribution in [0.3, 0.4) is 0 Å². The Kier molecular flexibility index (Phi) is 2.90. The zero-order chi connectivity index (χ0) is 14.1. The second-order valence-electron chi connectivity index (χ2n) is 4.17. The molecule has 0 aliphatic rings. The summed E-state index contributed by atoms with van der Waals surface area (Å²) in [4.78, 5) is 8.72. The summed E-state index contributed by atoms with van der Waals surface area (Å²) in [5.41, 5.74) is 8.14. The molecule has 0 amide bonds. The highest BCUT2D eigenvalue weighted by Gasteiger charge is 2.15. The molecule has 0 aliphatic heterocycles. The molecule has 0 radical (unpaired) electrons. The van der Waals surface area contributed by atoms with Gasteiger partial charge in [0.05, 0.1) is 19.9 Å². The molecule has 0 aliphatic carbocycles. The third-order valence-corrected chi connectivity index (χ3v) is 3.04. The molecule has 2 N–H and O–H groups in total. The van der Waals surface area contributed by atoms with E-state index >= 15 is 0 Å². The van der Waals surface area contributed by atoms with Gasteiger partial charge in [0.25, 0.3) is 0 Å². The number of hydrogen-bond acceptors (Lipinski definition) is 5. The molecule has 2 heterocycles. The van der Waals surface area contributed by atoms with Crippen LogP contribution < -0.4 is 15.2 Å². The Morgan fingerprint density at radius 3 is 2.55 bits per heavy atom. The van der Waals surface area contributed by atoms with Crippen LogP contribution in [0.2, 0.25) is 0 Å². The number of aromatic nitrogens is 3. The molecule has 0 spiro atoms. The fourth-order valence-electron chi connectivity index (χ4n) is 2.12. The van der Waals surface area contributed by atoms with Crippen molar-refractivity contribution in [3.8, 4) is 17.3 Å². The molecule has 0 saturated heterocycles. The molecule has 20 heavy (non-hydrogen) atoms. The van der Waals surface area contributed by atoms with E-state index in [2.05, 4.69) is 9.97 Å². The molecule has 3 aromatic rings. The van der Waals surface area contributed by atoms with Gasteiger partial charge in [-0.3, -0.25) is 4.57 Å². The highest BCUT2D eigenvalue weighted by atomic mass is 16.5. The summed E-state index contributed by atoms with van der Waals surface area (Å²) in [5, 5.41) is 0. The van der Waals surface area contributed by atoms with Crippen molar-refractivity contribution in [3.63, 3.8) is 0 Å². The number of hydrogen-bond donors (Lipinski definition) is 1. The molecular formula is C14H14N4O2. The number of ether oxygens (including phenoxy) is 2. The molecule has 0 saturated carbocycles. The summed E-state index contributed by atoms with van der Waals surface area (Å²) in [5.74, 6) is 1.56. The Balaban J connectivity index is 2.32. The first-order chi connectivity index (χ1) is 9.74. The molecule has 102 valence electrons. The largest absolute Gasteiger partial charge is 0.495 e. The molecule has 6 heteroatoms. The monoisotopic (exact) mass is 270 g/mol. The normalized spacial score (nSPS) is 10.7. The predicted molar refractivity (Wildman–Crippen MR) is 76.4 cm³/mol. The van der Waals surface area contributed by atoms with Crippen LogP contribution in [-0.4, -0.2) is 28.8 Å². The molecule has 0 atom stereocenters. The van der Waals surface area contributed by atoms with Crippen molar-refractivity contribution in [2.75, 3.05) is 20.0 Å². The first kappa shape index (κ1) is 12.3. The number of imidazole rings is 1. The number of benzene rings is 1. The minimum Gasteiger partial charge on any atom is -0.495 e. The summed E-state index contributed by atoms with van der Waals surface area (Å²) < 4.78 is 12.3. The SMILES string of the molecule is COc1ccc2nc(N)n(-c3ccccc3OC)c2n1. The Morgan fingerprint density at radius 1 is 1.00 bits per heavy atom. The van der Waals surface area contributed by atoms with Crippen LogP contribution in [0.1, 0.15) is 0 Å². The quantitative estimate of drug-likeness (QED) is 0.788. The summed E-state index contributed by atoms with van der Waals surface area (Å²) >= 11 is 0. The third kappa shape index (κ3) is 1.82. The van der Waals surface area contributed by atoms with Gasteiger partial charge in [-0.05, 0) is 18.2 Å². The van der Waals surface area contributed by atoms with E-state index < -0.39 is 0 Å². The Labute approximate surface area is 115 Å². The average Bonchev–Trinajstić information content (AvgIpc) is 2.81. The summed E-state index contributed by atoms with van der Waals surface area (Å²) in [7, 11) is 3.18. The van der Waals surface area contributed by atoms with E-state index in [-0.39, 0.29) is 0 Å². The standard InChI is InChI=1S/C14H14N4O2/c1-19-11-6-4-3-5-10(11)18-13-9(16-14(18)15)7-8-12(17-13)20-2/h3-8H,1-2H3,(H2,15,16). The number of pyridine rings is 1. The maximum Gasteiger partial charge on any atom is 0.215 e. The number of nitrogen functional groups attached to an aromatic ring is 1. The van der Waals surface area contributed by atoms with Gasteiger partial charge < -0.3 is 15.2 Å². The lowest BCUT2D eigenvalue weighted by atomic mass is 10.3. The highest BCUT2D eigenvalue weighted by Crippen LogP contribution is 2.29. The summed E-state index contributed by atoms with van der Waals surface area (Å²) in [6, 6.07) is 11.1. The van der Waals surface area contributed by atoms with E-state index in [1.807, 2.05) is 30.3 Å². The van der Waals surface area contributed by atoms with Crippen LogP contribution in [0.15, 0.2) is 36.4 Å². The second-order valence-corrected chi connectivity index (χ2v) is 4.17. The minimum atomic E-state index is 0.352. The molecule has 0 bridgehead atoms. The fraction of sp³-hybridized carbons (Fsp3) is 0.143. The summed E-state index contributed by atoms with van der Waals surface area (Å²) in [6.45, 7) is 0. The number of methoxy groups -OCH3 is 2. The number of rotatable bonds is 3. The third-order valence-electron chi connectivity index (χ3n) is 3.04. The van der Waals surface area contributed by atoms with Gasteiger partial charge in [0, 0.05) is 6.07 Å². The van der Waals surface area contributed by atoms with Gasteiger partial charge in [-0.25, -0.2) is 4.98 Å². The Hall–Kier alpha value is -2.76. The topological polar surface area (TPSA) is 75.2 Å². The van der Waals surface area contributed by atoms with Gasteiger partial charge in [0.2, 0.25) is 11.8 Å². The number of nitrogens with zero attached hydrogens (tertiary/aromatic N) is 3. The lowest BCUT2D eigenvalue weighted by Gasteiger charge is -2.10. The van der Waals surface area contributed by atoms with Gasteiger partial charge in [-0.15, -0.1) is 0 Å². The first-order valence-corrected chi connectivity index (χ1v) is 6.07. The van der Waals surface area contributed by atoms with Crippen LogP contribution in [0.4, 0.5) is 5.95 Å². The van der Waals surface area contributed by atoms with Gasteiger partial charge >= 0.3 is 0 Å². The number of anilines is 1. The van der Waals surface area contributed by atoms with Crippen LogP contribution >= 0.6 is 0 Å². The summed E-state index contributed by atoms with van der Waals surface area (Å²) in [6.07, 6.45) is 0. The first-order valence-electron chi connectivity index (χ1n) is 6.07. The molecule has 2 aromatic heterocycles. The van der Waals surface area contributed by atoms with Crippen LogP contribution in [0.25, 0.3) is 16.9 Å². The number of nitrogens with two attached hydrogens (primary N) is 1. The number of para-hydroxylation sites is 2. The van der Waals surface area contributed by atoms with Crippen LogP contribution in [-0.2, 0) is 0 Å². The lowest BCUT2D eigenvalue weighted by molar-refractivity contribution is 0.399. The zero-order valence-corrected chi connectivity index (χ0v) is 11.2. The number of fused-ring (bicyclic) bond motifs is 1. The molecule has 0 unspecified atom stereocenters. The van der Waals surface area contributed by atoms with E-state index in [0.29, 0.717) is 28.7 Å². The van der Waals surface area contributed by atoms with E-state index in [4.69, 9.17) is 15.2 Å². The van der Waals surface area contributed by atoms with Crippen molar-refractivity contribution in [2.45, 2.75) is 0 Å².